The van der Waals surface area contributed by atoms with Crippen molar-refractivity contribution in [2.24, 2.45) is 0 Å². The van der Waals surface area contributed by atoms with E-state index in [0.717, 1.165) is 73.2 Å². The average Bonchev–Trinajstić information content (AvgIpc) is 3.39. The average molecular weight is 467 g/mol. The first-order chi connectivity index (χ1) is 17.2. The van der Waals surface area contributed by atoms with E-state index in [0.29, 0.717) is 18.2 Å². The quantitative estimate of drug-likeness (QED) is 0.432. The van der Waals surface area contributed by atoms with Crippen molar-refractivity contribution in [2.75, 3.05) is 23.3 Å². The summed E-state index contributed by atoms with van der Waals surface area (Å²) in [5.74, 6) is 0.376. The van der Waals surface area contributed by atoms with E-state index in [2.05, 4.69) is 55.4 Å². The van der Waals surface area contributed by atoms with Crippen LogP contribution in [0, 0.1) is 0 Å². The van der Waals surface area contributed by atoms with Crippen molar-refractivity contribution in [3.8, 4) is 11.3 Å². The van der Waals surface area contributed by atoms with Gasteiger partial charge in [0.05, 0.1) is 35.2 Å². The highest BCUT2D eigenvalue weighted by Gasteiger charge is 2.23. The molecule has 2 fully saturated rings. The van der Waals surface area contributed by atoms with Crippen molar-refractivity contribution in [3.63, 3.8) is 0 Å². The number of nitrogens with zero attached hydrogens (tertiary/aromatic N) is 5. The minimum atomic E-state index is 0.263. The van der Waals surface area contributed by atoms with Gasteiger partial charge in [-0.25, -0.2) is 4.98 Å². The Morgan fingerprint density at radius 1 is 0.943 bits per heavy atom. The molecule has 2 aromatic carbocycles. The van der Waals surface area contributed by atoms with Crippen LogP contribution < -0.4 is 10.2 Å². The molecule has 2 aromatic heterocycles. The SMILES string of the molecule is O=C1CCCC(Nc2cccc(N3CCC(n4cc(-c5cnc6ccccc6n5)cn4)CC3)c2)C1. The lowest BCUT2D eigenvalue weighted by Crippen LogP contribution is -2.34. The van der Waals surface area contributed by atoms with Gasteiger partial charge in [0.25, 0.3) is 0 Å². The van der Waals surface area contributed by atoms with Gasteiger partial charge in [-0.2, -0.15) is 5.10 Å². The minimum absolute atomic E-state index is 0.263. The molecule has 1 aliphatic carbocycles. The minimum Gasteiger partial charge on any atom is -0.382 e. The molecule has 1 atom stereocenters. The molecule has 0 spiro atoms. The second kappa shape index (κ2) is 9.49. The predicted molar refractivity (Wildman–Crippen MR) is 139 cm³/mol. The van der Waals surface area contributed by atoms with Crippen LogP contribution in [0.1, 0.15) is 44.6 Å². The Bertz CT molecular complexity index is 1340. The summed E-state index contributed by atoms with van der Waals surface area (Å²) in [7, 11) is 0. The highest BCUT2D eigenvalue weighted by molar-refractivity contribution is 5.80. The summed E-state index contributed by atoms with van der Waals surface area (Å²) in [5.41, 5.74) is 6.02. The van der Waals surface area contributed by atoms with E-state index in [4.69, 9.17) is 4.98 Å². The molecule has 0 bridgehead atoms. The maximum absolute atomic E-state index is 11.8. The third-order valence-corrected chi connectivity index (χ3v) is 7.25. The number of aromatic nitrogens is 4. The maximum Gasteiger partial charge on any atom is 0.134 e. The number of carbonyl (C=O) groups excluding carboxylic acids is 1. The fraction of sp³-hybridized carbons (Fsp3) is 0.357. The number of para-hydroxylation sites is 2. The number of fused-ring (bicyclic) bond motifs is 1. The second-order valence-corrected chi connectivity index (χ2v) is 9.70. The normalized spacial score (nSPS) is 19.3. The number of Topliss-reactive ketones (excluding diaryl/α,β-unsaturated/α-hetero) is 1. The van der Waals surface area contributed by atoms with Crippen molar-refractivity contribution < 1.29 is 4.79 Å². The first-order valence-corrected chi connectivity index (χ1v) is 12.6. The van der Waals surface area contributed by atoms with Crippen LogP contribution in [-0.2, 0) is 4.79 Å². The number of nitrogens with one attached hydrogen (secondary N) is 1. The van der Waals surface area contributed by atoms with Gasteiger partial charge in [0.15, 0.2) is 0 Å². The summed E-state index contributed by atoms with van der Waals surface area (Å²) in [6.45, 7) is 1.97. The van der Waals surface area contributed by atoms with Gasteiger partial charge in [0.1, 0.15) is 5.78 Å². The zero-order valence-corrected chi connectivity index (χ0v) is 19.8. The third kappa shape index (κ3) is 4.76. The summed E-state index contributed by atoms with van der Waals surface area (Å²) >= 11 is 0. The van der Waals surface area contributed by atoms with E-state index in [1.54, 1.807) is 0 Å². The highest BCUT2D eigenvalue weighted by atomic mass is 16.1. The molecule has 6 rings (SSSR count). The Hall–Kier alpha value is -3.74. The summed E-state index contributed by atoms with van der Waals surface area (Å²) in [5, 5.41) is 8.25. The lowest BCUT2D eigenvalue weighted by atomic mass is 9.94. The number of rotatable bonds is 5. The van der Waals surface area contributed by atoms with Crippen LogP contribution in [0.4, 0.5) is 11.4 Å². The number of carbonyl (C=O) groups is 1. The van der Waals surface area contributed by atoms with Crippen molar-refractivity contribution in [3.05, 3.63) is 67.1 Å². The molecule has 4 aromatic rings. The van der Waals surface area contributed by atoms with E-state index in [1.807, 2.05) is 36.7 Å². The van der Waals surface area contributed by atoms with E-state index in [-0.39, 0.29) is 6.04 Å². The largest absolute Gasteiger partial charge is 0.382 e. The van der Waals surface area contributed by atoms with Gasteiger partial charge in [0.2, 0.25) is 0 Å². The number of ketones is 1. The van der Waals surface area contributed by atoms with Crippen LogP contribution in [0.25, 0.3) is 22.3 Å². The Morgan fingerprint density at radius 2 is 1.80 bits per heavy atom. The van der Waals surface area contributed by atoms with E-state index >= 15 is 0 Å². The number of hydrogen-bond acceptors (Lipinski definition) is 6. The molecule has 0 radical (unpaired) electrons. The van der Waals surface area contributed by atoms with Crippen LogP contribution >= 0.6 is 0 Å². The maximum atomic E-state index is 11.8. The van der Waals surface area contributed by atoms with Gasteiger partial charge in [-0.3, -0.25) is 14.5 Å². The summed E-state index contributed by atoms with van der Waals surface area (Å²) in [4.78, 5) is 23.6. The van der Waals surface area contributed by atoms with Crippen molar-refractivity contribution in [1.82, 2.24) is 19.7 Å². The smallest absolute Gasteiger partial charge is 0.134 e. The standard InChI is InChI=1S/C28H30N6O/c35-25-8-4-6-22(16-25)31-21-5-3-7-24(15-21)33-13-11-23(12-14-33)34-19-20(17-30-34)28-18-29-26-9-1-2-10-27(26)32-28/h1-3,5,7,9-10,15,17-19,22-23,31H,4,6,8,11-14,16H2. The molecule has 1 unspecified atom stereocenters. The first-order valence-electron chi connectivity index (χ1n) is 12.6. The third-order valence-electron chi connectivity index (χ3n) is 7.25. The number of benzene rings is 2. The Kier molecular flexibility index (Phi) is 5.90. The lowest BCUT2D eigenvalue weighted by molar-refractivity contribution is -0.120. The molecule has 3 heterocycles. The molecule has 1 saturated heterocycles. The monoisotopic (exact) mass is 466 g/mol. The summed E-state index contributed by atoms with van der Waals surface area (Å²) < 4.78 is 2.10. The zero-order valence-electron chi connectivity index (χ0n) is 19.8. The molecule has 1 N–H and O–H groups in total. The van der Waals surface area contributed by atoms with Gasteiger partial charge in [-0.15, -0.1) is 0 Å². The number of hydrogen-bond donors (Lipinski definition) is 1. The first kappa shape index (κ1) is 21.8. The molecular weight excluding hydrogens is 436 g/mol. The van der Waals surface area contributed by atoms with E-state index in [9.17, 15) is 4.79 Å². The van der Waals surface area contributed by atoms with Crippen LogP contribution in [-0.4, -0.2) is 44.7 Å². The summed E-state index contributed by atoms with van der Waals surface area (Å²) in [6, 6.07) is 17.2. The molecule has 35 heavy (non-hydrogen) atoms. The molecule has 2 aliphatic rings. The fourth-order valence-corrected chi connectivity index (χ4v) is 5.33. The van der Waals surface area contributed by atoms with Crippen LogP contribution in [0.15, 0.2) is 67.1 Å². The molecular formula is C28H30N6O. The van der Waals surface area contributed by atoms with Crippen molar-refractivity contribution >= 4 is 28.2 Å². The molecule has 7 heteroatoms. The molecule has 1 saturated carbocycles. The van der Waals surface area contributed by atoms with Gasteiger partial charge < -0.3 is 10.2 Å². The Balaban J connectivity index is 1.09. The van der Waals surface area contributed by atoms with Crippen molar-refractivity contribution in [1.29, 1.82) is 0 Å². The number of anilines is 2. The highest BCUT2D eigenvalue weighted by Crippen LogP contribution is 2.30. The topological polar surface area (TPSA) is 75.9 Å². The van der Waals surface area contributed by atoms with Gasteiger partial charge in [0, 0.05) is 55.1 Å². The van der Waals surface area contributed by atoms with Gasteiger partial charge >= 0.3 is 0 Å². The Labute approximate surface area is 205 Å². The lowest BCUT2D eigenvalue weighted by Gasteiger charge is -2.34. The zero-order chi connectivity index (χ0) is 23.6. The molecule has 178 valence electrons. The van der Waals surface area contributed by atoms with Gasteiger partial charge in [-0.05, 0) is 56.0 Å². The molecule has 0 amide bonds. The van der Waals surface area contributed by atoms with Crippen molar-refractivity contribution in [2.45, 2.75) is 50.6 Å². The van der Waals surface area contributed by atoms with Crippen LogP contribution in [0.5, 0.6) is 0 Å². The summed E-state index contributed by atoms with van der Waals surface area (Å²) in [6.07, 6.45) is 11.4. The van der Waals surface area contributed by atoms with E-state index < -0.39 is 0 Å². The molecule has 7 nitrogen and oxygen atoms in total. The van der Waals surface area contributed by atoms with Crippen LogP contribution in [0.2, 0.25) is 0 Å². The Morgan fingerprint density at radius 3 is 2.66 bits per heavy atom. The second-order valence-electron chi connectivity index (χ2n) is 9.70. The van der Waals surface area contributed by atoms with E-state index in [1.165, 1.54) is 5.69 Å². The van der Waals surface area contributed by atoms with Gasteiger partial charge in [-0.1, -0.05) is 18.2 Å². The predicted octanol–water partition coefficient (Wildman–Crippen LogP) is 5.26. The molecule has 1 aliphatic heterocycles. The number of piperidine rings is 1. The fourth-order valence-electron chi connectivity index (χ4n) is 5.33. The van der Waals surface area contributed by atoms with Crippen LogP contribution in [0.3, 0.4) is 0 Å².